The number of benzene rings is 1. The lowest BCUT2D eigenvalue weighted by Gasteiger charge is -2.31. The molecule has 2 N–H and O–H groups in total. The van der Waals surface area contributed by atoms with E-state index in [-0.39, 0.29) is 5.91 Å². The Kier molecular flexibility index (Phi) is 3.50. The van der Waals surface area contributed by atoms with Gasteiger partial charge in [-0.2, -0.15) is 0 Å². The van der Waals surface area contributed by atoms with Gasteiger partial charge in [0.1, 0.15) is 6.04 Å². The van der Waals surface area contributed by atoms with Gasteiger partial charge in [-0.05, 0) is 31.4 Å². The molecule has 1 atom stereocenters. The van der Waals surface area contributed by atoms with Crippen molar-refractivity contribution >= 4 is 17.7 Å². The van der Waals surface area contributed by atoms with E-state index in [1.54, 1.807) is 11.8 Å². The van der Waals surface area contributed by atoms with Crippen molar-refractivity contribution in [1.29, 1.82) is 0 Å². The van der Waals surface area contributed by atoms with Crippen LogP contribution in [0.1, 0.15) is 18.9 Å². The zero-order valence-electron chi connectivity index (χ0n) is 10.2. The molecule has 1 aromatic rings. The summed E-state index contributed by atoms with van der Waals surface area (Å²) in [4.78, 5) is 24.4. The standard InChI is InChI=1S/C13H16N2O3/c1-9(14-13(17)18)12(16)15-8-4-6-10-5-2-3-7-11(10)15/h2-3,5,7,9,14H,4,6,8H2,1H3,(H,17,18). The Hall–Kier alpha value is -2.04. The lowest BCUT2D eigenvalue weighted by molar-refractivity contribution is -0.120. The number of amides is 2. The van der Waals surface area contributed by atoms with Crippen LogP contribution in [0.15, 0.2) is 24.3 Å². The van der Waals surface area contributed by atoms with Crippen molar-refractivity contribution in [2.45, 2.75) is 25.8 Å². The smallest absolute Gasteiger partial charge is 0.405 e. The fraction of sp³-hybridized carbons (Fsp3) is 0.385. The van der Waals surface area contributed by atoms with Gasteiger partial charge in [-0.3, -0.25) is 4.79 Å². The van der Waals surface area contributed by atoms with E-state index in [9.17, 15) is 9.59 Å². The molecule has 0 saturated heterocycles. The van der Waals surface area contributed by atoms with E-state index in [4.69, 9.17) is 5.11 Å². The third-order valence-electron chi connectivity index (χ3n) is 3.09. The molecule has 0 radical (unpaired) electrons. The van der Waals surface area contributed by atoms with Gasteiger partial charge in [0.05, 0.1) is 0 Å². The van der Waals surface area contributed by atoms with Crippen molar-refractivity contribution in [2.75, 3.05) is 11.4 Å². The summed E-state index contributed by atoms with van der Waals surface area (Å²) in [5.41, 5.74) is 2.03. The highest BCUT2D eigenvalue weighted by molar-refractivity contribution is 5.99. The van der Waals surface area contributed by atoms with Crippen LogP contribution in [-0.4, -0.2) is 29.7 Å². The van der Waals surface area contributed by atoms with E-state index in [0.29, 0.717) is 6.54 Å². The summed E-state index contributed by atoms with van der Waals surface area (Å²) >= 11 is 0. The largest absolute Gasteiger partial charge is 0.465 e. The molecule has 0 aliphatic carbocycles. The zero-order valence-corrected chi connectivity index (χ0v) is 10.2. The van der Waals surface area contributed by atoms with Crippen LogP contribution in [0.25, 0.3) is 0 Å². The summed E-state index contributed by atoms with van der Waals surface area (Å²) in [6, 6.07) is 7.02. The summed E-state index contributed by atoms with van der Waals surface area (Å²) in [6.07, 6.45) is 0.685. The fourth-order valence-corrected chi connectivity index (χ4v) is 2.24. The highest BCUT2D eigenvalue weighted by Crippen LogP contribution is 2.27. The number of fused-ring (bicyclic) bond motifs is 1. The first-order chi connectivity index (χ1) is 8.59. The van der Waals surface area contributed by atoms with Gasteiger partial charge in [0, 0.05) is 12.2 Å². The molecule has 5 nitrogen and oxygen atoms in total. The summed E-state index contributed by atoms with van der Waals surface area (Å²) in [7, 11) is 0. The molecule has 18 heavy (non-hydrogen) atoms. The van der Waals surface area contributed by atoms with Crippen molar-refractivity contribution < 1.29 is 14.7 Å². The average molecular weight is 248 g/mol. The number of rotatable bonds is 2. The Balaban J connectivity index is 2.20. The molecule has 0 saturated carbocycles. The van der Waals surface area contributed by atoms with E-state index in [0.717, 1.165) is 24.1 Å². The first kappa shape index (κ1) is 12.4. The molecule has 1 aliphatic rings. The van der Waals surface area contributed by atoms with Crippen LogP contribution in [-0.2, 0) is 11.2 Å². The topological polar surface area (TPSA) is 69.6 Å². The second kappa shape index (κ2) is 5.08. The highest BCUT2D eigenvalue weighted by Gasteiger charge is 2.26. The number of carboxylic acid groups (broad SMARTS) is 1. The minimum absolute atomic E-state index is 0.204. The van der Waals surface area contributed by atoms with Gasteiger partial charge in [-0.25, -0.2) is 4.79 Å². The number of anilines is 1. The maximum Gasteiger partial charge on any atom is 0.405 e. The third-order valence-corrected chi connectivity index (χ3v) is 3.09. The van der Waals surface area contributed by atoms with Crippen LogP contribution >= 0.6 is 0 Å². The molecule has 96 valence electrons. The lowest BCUT2D eigenvalue weighted by Crippen LogP contribution is -2.48. The molecule has 1 unspecified atom stereocenters. The van der Waals surface area contributed by atoms with Crippen molar-refractivity contribution in [2.24, 2.45) is 0 Å². The van der Waals surface area contributed by atoms with Crippen LogP contribution in [0.4, 0.5) is 10.5 Å². The molecule has 2 amide bonds. The minimum atomic E-state index is -1.18. The predicted molar refractivity (Wildman–Crippen MR) is 67.7 cm³/mol. The summed E-state index contributed by atoms with van der Waals surface area (Å²) in [5.74, 6) is -0.204. The monoisotopic (exact) mass is 248 g/mol. The van der Waals surface area contributed by atoms with Gasteiger partial charge in [0.15, 0.2) is 0 Å². The van der Waals surface area contributed by atoms with Crippen LogP contribution in [0.5, 0.6) is 0 Å². The maximum absolute atomic E-state index is 12.2. The van der Waals surface area contributed by atoms with Gasteiger partial charge in [0.2, 0.25) is 5.91 Å². The van der Waals surface area contributed by atoms with Crippen molar-refractivity contribution in [3.63, 3.8) is 0 Å². The Morgan fingerprint density at radius 2 is 2.11 bits per heavy atom. The van der Waals surface area contributed by atoms with Gasteiger partial charge in [-0.15, -0.1) is 0 Å². The molecule has 0 fully saturated rings. The lowest BCUT2D eigenvalue weighted by atomic mass is 10.0. The van der Waals surface area contributed by atoms with Crippen LogP contribution < -0.4 is 10.2 Å². The average Bonchev–Trinajstić information content (AvgIpc) is 2.36. The molecule has 0 bridgehead atoms. The quantitative estimate of drug-likeness (QED) is 0.835. The second-order valence-electron chi connectivity index (χ2n) is 4.39. The number of nitrogens with one attached hydrogen (secondary N) is 1. The Morgan fingerprint density at radius 1 is 1.39 bits per heavy atom. The second-order valence-corrected chi connectivity index (χ2v) is 4.39. The molecule has 5 heteroatoms. The Bertz CT molecular complexity index is 473. The third kappa shape index (κ3) is 2.45. The summed E-state index contributed by atoms with van der Waals surface area (Å²) in [6.45, 7) is 2.20. The molecule has 0 aromatic heterocycles. The molecule has 1 aliphatic heterocycles. The van der Waals surface area contributed by atoms with E-state index in [1.165, 1.54) is 0 Å². The summed E-state index contributed by atoms with van der Waals surface area (Å²) < 4.78 is 0. The van der Waals surface area contributed by atoms with E-state index < -0.39 is 12.1 Å². The number of hydrogen-bond acceptors (Lipinski definition) is 2. The molecular weight excluding hydrogens is 232 g/mol. The van der Waals surface area contributed by atoms with Crippen LogP contribution in [0.2, 0.25) is 0 Å². The number of para-hydroxylation sites is 1. The molecular formula is C13H16N2O3. The normalized spacial score (nSPS) is 15.7. The minimum Gasteiger partial charge on any atom is -0.465 e. The Morgan fingerprint density at radius 3 is 2.83 bits per heavy atom. The first-order valence-corrected chi connectivity index (χ1v) is 5.98. The molecule has 1 heterocycles. The van der Waals surface area contributed by atoms with Gasteiger partial charge in [-0.1, -0.05) is 18.2 Å². The zero-order chi connectivity index (χ0) is 13.1. The van der Waals surface area contributed by atoms with Crippen molar-refractivity contribution in [3.8, 4) is 0 Å². The van der Waals surface area contributed by atoms with Crippen molar-refractivity contribution in [1.82, 2.24) is 5.32 Å². The number of carbonyl (C=O) groups is 2. The fourth-order valence-electron chi connectivity index (χ4n) is 2.24. The van der Waals surface area contributed by atoms with Gasteiger partial charge in [0.25, 0.3) is 0 Å². The number of aryl methyl sites for hydroxylation is 1. The number of carbonyl (C=O) groups excluding carboxylic acids is 1. The summed E-state index contributed by atoms with van der Waals surface area (Å²) in [5, 5.41) is 10.8. The molecule has 1 aromatic carbocycles. The van der Waals surface area contributed by atoms with E-state index in [1.807, 2.05) is 24.3 Å². The maximum atomic E-state index is 12.2. The van der Waals surface area contributed by atoms with Crippen LogP contribution in [0.3, 0.4) is 0 Å². The Labute approximate surface area is 105 Å². The predicted octanol–water partition coefficient (Wildman–Crippen LogP) is 1.62. The SMILES string of the molecule is CC(NC(=O)O)C(=O)N1CCCc2ccccc21. The number of hydrogen-bond donors (Lipinski definition) is 2. The van der Waals surface area contributed by atoms with E-state index >= 15 is 0 Å². The van der Waals surface area contributed by atoms with E-state index in [2.05, 4.69) is 5.32 Å². The van der Waals surface area contributed by atoms with Crippen LogP contribution in [0, 0.1) is 0 Å². The molecule has 0 spiro atoms. The highest BCUT2D eigenvalue weighted by atomic mass is 16.4. The first-order valence-electron chi connectivity index (χ1n) is 5.98. The van der Waals surface area contributed by atoms with Crippen molar-refractivity contribution in [3.05, 3.63) is 29.8 Å². The van der Waals surface area contributed by atoms with Gasteiger partial charge < -0.3 is 15.3 Å². The van der Waals surface area contributed by atoms with Gasteiger partial charge >= 0.3 is 6.09 Å². The molecule has 2 rings (SSSR count). The number of nitrogens with zero attached hydrogens (tertiary/aromatic N) is 1.